The van der Waals surface area contributed by atoms with Crippen molar-refractivity contribution in [3.8, 4) is 11.8 Å². The molecule has 0 radical (unpaired) electrons. The molecule has 1 atom stereocenters. The minimum atomic E-state index is -0.932. The second kappa shape index (κ2) is 18.3. The Morgan fingerprint density at radius 3 is 1.86 bits per heavy atom. The second-order valence-corrected chi connectivity index (χ2v) is 8.56. The number of hydrogen-bond acceptors (Lipinski definition) is 4. The third-order valence-electron chi connectivity index (χ3n) is 5.65. The first kappa shape index (κ1) is 34.1. The highest BCUT2D eigenvalue weighted by atomic mass is 16.3. The Balaban J connectivity index is 0.00000201. The summed E-state index contributed by atoms with van der Waals surface area (Å²) in [6, 6.07) is 15.0. The van der Waals surface area contributed by atoms with E-state index < -0.39 is 5.60 Å². The Labute approximate surface area is 224 Å². The molecular weight excluding hydrogens is 462 g/mol. The second-order valence-electron chi connectivity index (χ2n) is 8.56. The zero-order valence-corrected chi connectivity index (χ0v) is 24.1. The van der Waals surface area contributed by atoms with Gasteiger partial charge in [-0.2, -0.15) is 0 Å². The van der Waals surface area contributed by atoms with E-state index in [-0.39, 0.29) is 17.7 Å². The number of benzene rings is 2. The molecule has 0 aliphatic carbocycles. The highest BCUT2D eigenvalue weighted by Crippen LogP contribution is 2.24. The lowest BCUT2D eigenvalue weighted by molar-refractivity contribution is 0.0632. The largest absolute Gasteiger partial charge is 0.400 e. The smallest absolute Gasteiger partial charge is 0.261 e. The number of carbonyl (C=O) groups excluding carboxylic acids is 2. The molecule has 1 heterocycles. The zero-order valence-electron chi connectivity index (χ0n) is 24.1. The SMILES string of the molecule is CC.CC.CCCC(O)(C#Cc1cccc(CC(C)CN2C(=O)c3ccccc3C2=O)c1)CCC.CO. The highest BCUT2D eigenvalue weighted by molar-refractivity contribution is 6.21. The predicted molar refractivity (Wildman–Crippen MR) is 154 cm³/mol. The number of amides is 2. The minimum Gasteiger partial charge on any atom is -0.400 e. The number of fused-ring (bicyclic) bond motifs is 1. The van der Waals surface area contributed by atoms with E-state index >= 15 is 0 Å². The van der Waals surface area contributed by atoms with Gasteiger partial charge in [-0.05, 0) is 55.0 Å². The standard InChI is InChI=1S/C27H31NO3.2C2H6.CH4O/c1-4-14-27(31,15-5-2)16-13-21-9-8-10-22(18-21)17-20(3)19-28-25(29)23-11-6-7-12-24(23)26(28)30;3*1-2/h6-12,18,20,31H,4-5,14-15,17,19H2,1-3H3;2*1-2H3;2H,1H3. The van der Waals surface area contributed by atoms with Crippen molar-refractivity contribution in [3.63, 3.8) is 0 Å². The summed E-state index contributed by atoms with van der Waals surface area (Å²) < 4.78 is 0. The van der Waals surface area contributed by atoms with Crippen LogP contribution in [0.2, 0.25) is 0 Å². The third kappa shape index (κ3) is 10.1. The molecule has 37 heavy (non-hydrogen) atoms. The van der Waals surface area contributed by atoms with Gasteiger partial charge < -0.3 is 10.2 Å². The molecule has 204 valence electrons. The van der Waals surface area contributed by atoms with Crippen LogP contribution in [0.4, 0.5) is 0 Å². The maximum Gasteiger partial charge on any atom is 0.261 e. The molecule has 0 aromatic heterocycles. The Morgan fingerprint density at radius 1 is 0.865 bits per heavy atom. The Bertz CT molecular complexity index is 978. The average Bonchev–Trinajstić information content (AvgIpc) is 3.16. The third-order valence-corrected chi connectivity index (χ3v) is 5.65. The molecule has 2 amide bonds. The van der Waals surface area contributed by atoms with Crippen molar-refractivity contribution >= 4 is 11.8 Å². The van der Waals surface area contributed by atoms with Gasteiger partial charge in [-0.25, -0.2) is 0 Å². The van der Waals surface area contributed by atoms with E-state index in [4.69, 9.17) is 5.11 Å². The first-order valence-electron chi connectivity index (χ1n) is 13.6. The number of aliphatic hydroxyl groups excluding tert-OH is 1. The number of carbonyl (C=O) groups is 2. The van der Waals surface area contributed by atoms with E-state index in [0.717, 1.165) is 37.5 Å². The summed E-state index contributed by atoms with van der Waals surface area (Å²) in [5, 5.41) is 17.7. The van der Waals surface area contributed by atoms with Gasteiger partial charge in [0.15, 0.2) is 0 Å². The molecule has 5 heteroatoms. The normalized spacial score (nSPS) is 12.4. The molecule has 2 aromatic rings. The lowest BCUT2D eigenvalue weighted by Gasteiger charge is -2.20. The maximum absolute atomic E-state index is 12.6. The van der Waals surface area contributed by atoms with Crippen molar-refractivity contribution in [2.75, 3.05) is 13.7 Å². The number of hydrogen-bond donors (Lipinski definition) is 2. The van der Waals surface area contributed by atoms with Gasteiger partial charge in [0.05, 0.1) is 11.1 Å². The van der Waals surface area contributed by atoms with Crippen LogP contribution in [0.3, 0.4) is 0 Å². The van der Waals surface area contributed by atoms with Crippen LogP contribution in [0, 0.1) is 17.8 Å². The van der Waals surface area contributed by atoms with Crippen molar-refractivity contribution in [1.82, 2.24) is 4.90 Å². The van der Waals surface area contributed by atoms with Gasteiger partial charge in [-0.3, -0.25) is 14.5 Å². The van der Waals surface area contributed by atoms with Crippen molar-refractivity contribution in [1.29, 1.82) is 0 Å². The molecule has 0 saturated carbocycles. The first-order valence-corrected chi connectivity index (χ1v) is 13.6. The number of rotatable bonds is 8. The van der Waals surface area contributed by atoms with E-state index in [2.05, 4.69) is 25.7 Å². The van der Waals surface area contributed by atoms with Crippen molar-refractivity contribution in [2.24, 2.45) is 5.92 Å². The van der Waals surface area contributed by atoms with E-state index in [1.54, 1.807) is 24.3 Å². The molecule has 0 saturated heterocycles. The minimum absolute atomic E-state index is 0.113. The summed E-state index contributed by atoms with van der Waals surface area (Å²) in [5.41, 5.74) is 2.02. The summed E-state index contributed by atoms with van der Waals surface area (Å²) in [5.74, 6) is 5.93. The van der Waals surface area contributed by atoms with Gasteiger partial charge in [0, 0.05) is 19.2 Å². The van der Waals surface area contributed by atoms with Crippen molar-refractivity contribution < 1.29 is 19.8 Å². The van der Waals surface area contributed by atoms with Gasteiger partial charge in [0.25, 0.3) is 11.8 Å². The van der Waals surface area contributed by atoms with Crippen molar-refractivity contribution in [3.05, 3.63) is 70.8 Å². The molecule has 2 aromatic carbocycles. The molecular formula is C32H47NO4. The number of nitrogens with zero attached hydrogens (tertiary/aromatic N) is 1. The quantitative estimate of drug-likeness (QED) is 0.314. The lowest BCUT2D eigenvalue weighted by atomic mass is 9.93. The fraction of sp³-hybridized carbons (Fsp3) is 0.500. The fourth-order valence-corrected chi connectivity index (χ4v) is 4.23. The van der Waals surface area contributed by atoms with Crippen LogP contribution < -0.4 is 0 Å². The fourth-order valence-electron chi connectivity index (χ4n) is 4.23. The van der Waals surface area contributed by atoms with Crippen LogP contribution >= 0.6 is 0 Å². The Hall–Kier alpha value is -2.94. The molecule has 0 fully saturated rings. The summed E-state index contributed by atoms with van der Waals surface area (Å²) in [4.78, 5) is 26.6. The molecule has 3 rings (SSSR count). The summed E-state index contributed by atoms with van der Waals surface area (Å²) in [7, 11) is 1.00. The topological polar surface area (TPSA) is 77.8 Å². The van der Waals surface area contributed by atoms with Gasteiger partial charge in [0.2, 0.25) is 0 Å². The molecule has 1 unspecified atom stereocenters. The average molecular weight is 510 g/mol. The first-order chi connectivity index (χ1) is 17.9. The summed E-state index contributed by atoms with van der Waals surface area (Å²) in [6.45, 7) is 14.5. The van der Waals surface area contributed by atoms with Gasteiger partial charge in [0.1, 0.15) is 5.60 Å². The Morgan fingerprint density at radius 2 is 1.38 bits per heavy atom. The Kier molecular flexibility index (Phi) is 16.9. The van der Waals surface area contributed by atoms with E-state index in [0.29, 0.717) is 30.5 Å². The van der Waals surface area contributed by atoms with Gasteiger partial charge >= 0.3 is 0 Å². The van der Waals surface area contributed by atoms with Gasteiger partial charge in [-0.1, -0.05) is 97.4 Å². The maximum atomic E-state index is 12.6. The van der Waals surface area contributed by atoms with E-state index in [9.17, 15) is 14.7 Å². The van der Waals surface area contributed by atoms with E-state index in [1.807, 2.05) is 58.9 Å². The predicted octanol–water partition coefficient (Wildman–Crippen LogP) is 6.51. The zero-order chi connectivity index (χ0) is 28.4. The molecule has 0 spiro atoms. The van der Waals surface area contributed by atoms with Crippen molar-refractivity contribution in [2.45, 2.75) is 86.2 Å². The number of aliphatic hydroxyl groups is 2. The van der Waals surface area contributed by atoms with Crippen LogP contribution in [-0.4, -0.2) is 46.2 Å². The molecule has 1 aliphatic rings. The highest BCUT2D eigenvalue weighted by Gasteiger charge is 2.35. The van der Waals surface area contributed by atoms with Crippen LogP contribution in [0.25, 0.3) is 0 Å². The summed E-state index contributed by atoms with van der Waals surface area (Å²) >= 11 is 0. The molecule has 0 bridgehead atoms. The van der Waals surface area contributed by atoms with E-state index in [1.165, 1.54) is 4.90 Å². The summed E-state index contributed by atoms with van der Waals surface area (Å²) in [6.07, 6.45) is 3.86. The molecule has 5 nitrogen and oxygen atoms in total. The van der Waals surface area contributed by atoms with Crippen LogP contribution in [0.1, 0.15) is 106 Å². The monoisotopic (exact) mass is 509 g/mol. The van der Waals surface area contributed by atoms with Crippen LogP contribution in [0.15, 0.2) is 48.5 Å². The molecule has 2 N–H and O–H groups in total. The number of imide groups is 1. The van der Waals surface area contributed by atoms with Crippen LogP contribution in [0.5, 0.6) is 0 Å². The lowest BCUT2D eigenvalue weighted by Crippen LogP contribution is -2.34. The van der Waals surface area contributed by atoms with Gasteiger partial charge in [-0.15, -0.1) is 0 Å². The van der Waals surface area contributed by atoms with Crippen LogP contribution in [-0.2, 0) is 6.42 Å². The molecule has 1 aliphatic heterocycles.